The lowest BCUT2D eigenvalue weighted by Gasteiger charge is -2.31. The molecular weight excluding hydrogens is 224 g/mol. The average Bonchev–Trinajstić information content (AvgIpc) is 2.65. The molecule has 0 aromatic rings. The van der Waals surface area contributed by atoms with Gasteiger partial charge in [-0.15, -0.1) is 0 Å². The van der Waals surface area contributed by atoms with Crippen LogP contribution < -0.4 is 5.32 Å². The lowest BCUT2D eigenvalue weighted by Crippen LogP contribution is -2.45. The van der Waals surface area contributed by atoms with Gasteiger partial charge < -0.3 is 10.2 Å². The van der Waals surface area contributed by atoms with Crippen molar-refractivity contribution in [1.29, 1.82) is 0 Å². The van der Waals surface area contributed by atoms with Gasteiger partial charge in [-0.25, -0.2) is 8.42 Å². The molecule has 0 aromatic carbocycles. The zero-order chi connectivity index (χ0) is 11.6. The maximum atomic E-state index is 11.4. The van der Waals surface area contributed by atoms with E-state index < -0.39 is 9.84 Å². The molecular formula is C11H22N2O2S. The van der Waals surface area contributed by atoms with E-state index in [-0.39, 0.29) is 11.5 Å². The van der Waals surface area contributed by atoms with Crippen LogP contribution in [0.3, 0.4) is 0 Å². The highest BCUT2D eigenvalue weighted by Gasteiger charge is 2.33. The second kappa shape index (κ2) is 5.02. The van der Waals surface area contributed by atoms with Crippen molar-refractivity contribution < 1.29 is 8.42 Å². The van der Waals surface area contributed by atoms with Gasteiger partial charge in [0.25, 0.3) is 0 Å². The molecule has 2 fully saturated rings. The predicted molar refractivity (Wildman–Crippen MR) is 65.3 cm³/mol. The molecule has 3 atom stereocenters. The molecule has 16 heavy (non-hydrogen) atoms. The number of hydrogen-bond donors (Lipinski definition) is 1. The summed E-state index contributed by atoms with van der Waals surface area (Å²) in [5.41, 5.74) is 0. The molecule has 2 aliphatic heterocycles. The molecule has 2 saturated heterocycles. The SMILES string of the molecule is CCS(=O)(=O)CCNC1CCN2CCC1C2. The van der Waals surface area contributed by atoms with Crippen molar-refractivity contribution in [2.45, 2.75) is 25.8 Å². The van der Waals surface area contributed by atoms with Crippen LogP contribution in [-0.4, -0.2) is 57.0 Å². The second-order valence-corrected chi connectivity index (χ2v) is 7.41. The summed E-state index contributed by atoms with van der Waals surface area (Å²) >= 11 is 0. The van der Waals surface area contributed by atoms with E-state index in [1.54, 1.807) is 6.92 Å². The maximum absolute atomic E-state index is 11.4. The normalized spacial score (nSPS) is 34.2. The van der Waals surface area contributed by atoms with Crippen molar-refractivity contribution >= 4 is 9.84 Å². The largest absolute Gasteiger partial charge is 0.313 e. The zero-order valence-corrected chi connectivity index (χ0v) is 10.8. The third-order valence-electron chi connectivity index (χ3n) is 3.89. The summed E-state index contributed by atoms with van der Waals surface area (Å²) in [6, 6.07) is 0.547. The van der Waals surface area contributed by atoms with E-state index in [1.165, 1.54) is 32.5 Å². The molecule has 3 unspecified atom stereocenters. The molecule has 4 nitrogen and oxygen atoms in total. The third kappa shape index (κ3) is 2.96. The van der Waals surface area contributed by atoms with Crippen molar-refractivity contribution in [3.63, 3.8) is 0 Å². The van der Waals surface area contributed by atoms with Crippen LogP contribution in [-0.2, 0) is 9.84 Å². The van der Waals surface area contributed by atoms with Crippen LogP contribution in [0.4, 0.5) is 0 Å². The molecule has 2 bridgehead atoms. The van der Waals surface area contributed by atoms with Gasteiger partial charge in [0.15, 0.2) is 9.84 Å². The summed E-state index contributed by atoms with van der Waals surface area (Å²) in [4.78, 5) is 2.51. The van der Waals surface area contributed by atoms with Gasteiger partial charge in [0, 0.05) is 24.9 Å². The molecule has 0 spiro atoms. The molecule has 0 aliphatic carbocycles. The lowest BCUT2D eigenvalue weighted by molar-refractivity contribution is 0.223. The highest BCUT2D eigenvalue weighted by molar-refractivity contribution is 7.91. The van der Waals surface area contributed by atoms with Crippen LogP contribution in [0, 0.1) is 5.92 Å². The Morgan fingerprint density at radius 2 is 2.06 bits per heavy atom. The van der Waals surface area contributed by atoms with Gasteiger partial charge in [-0.2, -0.15) is 0 Å². The second-order valence-electron chi connectivity index (χ2n) is 4.94. The minimum absolute atomic E-state index is 0.260. The molecule has 5 heteroatoms. The van der Waals surface area contributed by atoms with E-state index >= 15 is 0 Å². The van der Waals surface area contributed by atoms with Gasteiger partial charge >= 0.3 is 0 Å². The van der Waals surface area contributed by atoms with Crippen LogP contribution in [0.2, 0.25) is 0 Å². The van der Waals surface area contributed by atoms with E-state index in [1.807, 2.05) is 0 Å². The minimum Gasteiger partial charge on any atom is -0.313 e. The van der Waals surface area contributed by atoms with Crippen LogP contribution >= 0.6 is 0 Å². The van der Waals surface area contributed by atoms with Crippen molar-refractivity contribution in [2.75, 3.05) is 37.7 Å². The molecule has 1 N–H and O–H groups in total. The Morgan fingerprint density at radius 1 is 1.31 bits per heavy atom. The highest BCUT2D eigenvalue weighted by atomic mass is 32.2. The molecule has 2 heterocycles. The fourth-order valence-corrected chi connectivity index (χ4v) is 3.48. The standard InChI is InChI=1S/C11H22N2O2S/c1-2-16(14,15)8-5-12-11-4-7-13-6-3-10(11)9-13/h10-12H,2-9H2,1H3. The van der Waals surface area contributed by atoms with Gasteiger partial charge in [0.2, 0.25) is 0 Å². The fraction of sp³-hybridized carbons (Fsp3) is 1.00. The van der Waals surface area contributed by atoms with Crippen molar-refractivity contribution in [1.82, 2.24) is 10.2 Å². The molecule has 94 valence electrons. The molecule has 0 amide bonds. The summed E-state index contributed by atoms with van der Waals surface area (Å²) < 4.78 is 22.7. The summed E-state index contributed by atoms with van der Waals surface area (Å²) in [6.07, 6.45) is 2.45. The Morgan fingerprint density at radius 3 is 2.81 bits per heavy atom. The Kier molecular flexibility index (Phi) is 3.87. The van der Waals surface area contributed by atoms with Crippen LogP contribution in [0.1, 0.15) is 19.8 Å². The Balaban J connectivity index is 1.74. The molecule has 0 radical (unpaired) electrons. The van der Waals surface area contributed by atoms with Gasteiger partial charge in [0.05, 0.1) is 5.75 Å². The minimum atomic E-state index is -2.81. The van der Waals surface area contributed by atoms with Gasteiger partial charge in [0.1, 0.15) is 0 Å². The quantitative estimate of drug-likeness (QED) is 0.748. The number of hydrogen-bond acceptors (Lipinski definition) is 4. The number of rotatable bonds is 5. The van der Waals surface area contributed by atoms with Crippen LogP contribution in [0.15, 0.2) is 0 Å². The Bertz CT molecular complexity index is 329. The first-order chi connectivity index (χ1) is 7.61. The van der Waals surface area contributed by atoms with Crippen molar-refractivity contribution in [2.24, 2.45) is 5.92 Å². The van der Waals surface area contributed by atoms with Crippen LogP contribution in [0.25, 0.3) is 0 Å². The molecule has 0 saturated carbocycles. The smallest absolute Gasteiger partial charge is 0.151 e. The van der Waals surface area contributed by atoms with Gasteiger partial charge in [-0.05, 0) is 31.8 Å². The number of piperidine rings is 1. The highest BCUT2D eigenvalue weighted by Crippen LogP contribution is 2.26. The van der Waals surface area contributed by atoms with Gasteiger partial charge in [-0.3, -0.25) is 0 Å². The fourth-order valence-electron chi connectivity index (χ4n) is 2.76. The maximum Gasteiger partial charge on any atom is 0.151 e. The first-order valence-corrected chi connectivity index (χ1v) is 8.09. The number of sulfone groups is 1. The number of nitrogens with zero attached hydrogens (tertiary/aromatic N) is 1. The first kappa shape index (κ1) is 12.3. The Labute approximate surface area is 98.3 Å². The van der Waals surface area contributed by atoms with E-state index in [2.05, 4.69) is 10.2 Å². The van der Waals surface area contributed by atoms with E-state index in [9.17, 15) is 8.42 Å². The van der Waals surface area contributed by atoms with Crippen molar-refractivity contribution in [3.05, 3.63) is 0 Å². The van der Waals surface area contributed by atoms with Crippen LogP contribution in [0.5, 0.6) is 0 Å². The molecule has 2 aliphatic rings. The van der Waals surface area contributed by atoms with Crippen molar-refractivity contribution in [3.8, 4) is 0 Å². The predicted octanol–water partition coefficient (Wildman–Crippen LogP) is 0.105. The van der Waals surface area contributed by atoms with E-state index in [4.69, 9.17) is 0 Å². The summed E-state index contributed by atoms with van der Waals surface area (Å²) in [5.74, 6) is 1.30. The topological polar surface area (TPSA) is 49.4 Å². The molecule has 2 rings (SSSR count). The monoisotopic (exact) mass is 246 g/mol. The third-order valence-corrected chi connectivity index (χ3v) is 5.60. The first-order valence-electron chi connectivity index (χ1n) is 6.27. The summed E-state index contributed by atoms with van der Waals surface area (Å²) in [7, 11) is -2.81. The number of nitrogens with one attached hydrogen (secondary N) is 1. The molecule has 0 aromatic heterocycles. The summed E-state index contributed by atoms with van der Waals surface area (Å²) in [5, 5.41) is 3.43. The summed E-state index contributed by atoms with van der Waals surface area (Å²) in [6.45, 7) is 5.95. The zero-order valence-electron chi connectivity index (χ0n) is 9.98. The lowest BCUT2D eigenvalue weighted by atomic mass is 9.94. The van der Waals surface area contributed by atoms with E-state index in [0.717, 1.165) is 5.92 Å². The number of fused-ring (bicyclic) bond motifs is 2. The Hall–Kier alpha value is -0.130. The van der Waals surface area contributed by atoms with E-state index in [0.29, 0.717) is 12.6 Å². The average molecular weight is 246 g/mol. The van der Waals surface area contributed by atoms with Gasteiger partial charge in [-0.1, -0.05) is 6.92 Å².